The molecule has 0 saturated carbocycles. The zero-order chi connectivity index (χ0) is 18.8. The van der Waals surface area contributed by atoms with Gasteiger partial charge < -0.3 is 20.3 Å². The van der Waals surface area contributed by atoms with Gasteiger partial charge in [0.2, 0.25) is 0 Å². The third kappa shape index (κ3) is 10.0. The Kier molecular flexibility index (Phi) is 10.8. The highest BCUT2D eigenvalue weighted by Crippen LogP contribution is 2.19. The summed E-state index contributed by atoms with van der Waals surface area (Å²) in [7, 11) is 1.69. The number of alkyl halides is 3. The van der Waals surface area contributed by atoms with E-state index in [-0.39, 0.29) is 29.7 Å². The highest BCUT2D eigenvalue weighted by molar-refractivity contribution is 14.0. The minimum Gasteiger partial charge on any atom is -0.484 e. The van der Waals surface area contributed by atoms with Crippen LogP contribution in [0.2, 0.25) is 0 Å². The van der Waals surface area contributed by atoms with Gasteiger partial charge in [0, 0.05) is 26.7 Å². The van der Waals surface area contributed by atoms with E-state index >= 15 is 0 Å². The van der Waals surface area contributed by atoms with Gasteiger partial charge in [0.05, 0.1) is 0 Å². The standard InChI is InChI=1S/C18H27F3N4O.HI/c1-22-17(23-8-11-25-9-3-2-4-10-25)24-13-15-6-5-7-16(12-15)26-14-18(19,20)21;/h5-7,12H,2-4,8-11,13-14H2,1H3,(H2,22,23,24);1H. The second-order valence-corrected chi connectivity index (χ2v) is 6.31. The molecule has 1 heterocycles. The van der Waals surface area contributed by atoms with Crippen molar-refractivity contribution in [3.63, 3.8) is 0 Å². The maximum Gasteiger partial charge on any atom is 0.422 e. The van der Waals surface area contributed by atoms with Gasteiger partial charge in [-0.3, -0.25) is 4.99 Å². The van der Waals surface area contributed by atoms with Crippen LogP contribution in [0, 0.1) is 0 Å². The number of ether oxygens (including phenoxy) is 1. The monoisotopic (exact) mass is 500 g/mol. The lowest BCUT2D eigenvalue weighted by atomic mass is 10.1. The molecule has 1 aromatic rings. The Morgan fingerprint density at radius 3 is 2.59 bits per heavy atom. The fourth-order valence-corrected chi connectivity index (χ4v) is 2.83. The number of hydrogen-bond donors (Lipinski definition) is 2. The molecule has 1 fully saturated rings. The number of rotatable bonds is 7. The SMILES string of the molecule is CN=C(NCCN1CCCCC1)NCc1cccc(OCC(F)(F)F)c1.I. The third-order valence-corrected chi connectivity index (χ3v) is 4.15. The zero-order valence-electron chi connectivity index (χ0n) is 15.5. The van der Waals surface area contributed by atoms with Crippen LogP contribution in [0.5, 0.6) is 5.75 Å². The second-order valence-electron chi connectivity index (χ2n) is 6.31. The molecule has 0 aromatic heterocycles. The summed E-state index contributed by atoms with van der Waals surface area (Å²) in [5, 5.41) is 6.43. The first-order valence-electron chi connectivity index (χ1n) is 8.91. The first kappa shape index (κ1) is 23.8. The molecule has 1 aromatic carbocycles. The summed E-state index contributed by atoms with van der Waals surface area (Å²) in [5.74, 6) is 0.873. The average molecular weight is 500 g/mol. The molecule has 1 aliphatic heterocycles. The van der Waals surface area contributed by atoms with Gasteiger partial charge in [-0.1, -0.05) is 18.6 Å². The largest absolute Gasteiger partial charge is 0.484 e. The fraction of sp³-hybridized carbons (Fsp3) is 0.611. The van der Waals surface area contributed by atoms with E-state index in [9.17, 15) is 13.2 Å². The number of nitrogens with zero attached hydrogens (tertiary/aromatic N) is 2. The number of likely N-dealkylation sites (tertiary alicyclic amines) is 1. The summed E-state index contributed by atoms with van der Waals surface area (Å²) in [4.78, 5) is 6.61. The van der Waals surface area contributed by atoms with E-state index in [2.05, 4.69) is 20.5 Å². The van der Waals surface area contributed by atoms with E-state index in [1.165, 1.54) is 25.3 Å². The van der Waals surface area contributed by atoms with Gasteiger partial charge in [-0.2, -0.15) is 13.2 Å². The van der Waals surface area contributed by atoms with Crippen molar-refractivity contribution in [3.05, 3.63) is 29.8 Å². The van der Waals surface area contributed by atoms with Crippen molar-refractivity contribution in [2.45, 2.75) is 32.0 Å². The lowest BCUT2D eigenvalue weighted by molar-refractivity contribution is -0.153. The zero-order valence-corrected chi connectivity index (χ0v) is 17.8. The van der Waals surface area contributed by atoms with Crippen molar-refractivity contribution in [1.82, 2.24) is 15.5 Å². The van der Waals surface area contributed by atoms with Gasteiger partial charge in [-0.05, 0) is 43.6 Å². The average Bonchev–Trinajstić information content (AvgIpc) is 2.63. The third-order valence-electron chi connectivity index (χ3n) is 4.15. The van der Waals surface area contributed by atoms with Crippen LogP contribution in [0.3, 0.4) is 0 Å². The lowest BCUT2D eigenvalue weighted by Gasteiger charge is -2.26. The quantitative estimate of drug-likeness (QED) is 0.343. The van der Waals surface area contributed by atoms with E-state index in [4.69, 9.17) is 4.74 Å². The van der Waals surface area contributed by atoms with Gasteiger partial charge in [0.25, 0.3) is 0 Å². The second kappa shape index (κ2) is 12.3. The molecule has 0 aliphatic carbocycles. The molecule has 27 heavy (non-hydrogen) atoms. The van der Waals surface area contributed by atoms with Crippen LogP contribution < -0.4 is 15.4 Å². The Labute approximate surface area is 175 Å². The summed E-state index contributed by atoms with van der Waals surface area (Å²) in [6, 6.07) is 6.62. The number of guanidine groups is 1. The normalized spacial score (nSPS) is 15.8. The topological polar surface area (TPSA) is 48.9 Å². The molecule has 0 amide bonds. The van der Waals surface area contributed by atoms with Crippen LogP contribution in [0.15, 0.2) is 29.3 Å². The van der Waals surface area contributed by atoms with Crippen LogP contribution >= 0.6 is 24.0 Å². The van der Waals surface area contributed by atoms with Crippen LogP contribution in [-0.2, 0) is 6.54 Å². The first-order valence-corrected chi connectivity index (χ1v) is 8.91. The fourth-order valence-electron chi connectivity index (χ4n) is 2.83. The van der Waals surface area contributed by atoms with Crippen LogP contribution in [0.1, 0.15) is 24.8 Å². The minimum absolute atomic E-state index is 0. The van der Waals surface area contributed by atoms with Gasteiger partial charge in [-0.15, -0.1) is 24.0 Å². The Bertz CT molecular complexity index is 578. The molecule has 154 valence electrons. The van der Waals surface area contributed by atoms with E-state index < -0.39 is 12.8 Å². The van der Waals surface area contributed by atoms with E-state index in [0.29, 0.717) is 12.5 Å². The molecule has 2 rings (SSSR count). The lowest BCUT2D eigenvalue weighted by Crippen LogP contribution is -2.42. The number of aliphatic imine (C=N–C) groups is 1. The van der Waals surface area contributed by atoms with E-state index in [1.807, 2.05) is 6.07 Å². The molecule has 1 saturated heterocycles. The molecule has 9 heteroatoms. The summed E-state index contributed by atoms with van der Waals surface area (Å²) in [5.41, 5.74) is 0.823. The maximum atomic E-state index is 12.2. The van der Waals surface area contributed by atoms with Gasteiger partial charge in [0.1, 0.15) is 5.75 Å². The minimum atomic E-state index is -4.34. The molecule has 5 nitrogen and oxygen atoms in total. The Morgan fingerprint density at radius 1 is 1.19 bits per heavy atom. The first-order chi connectivity index (χ1) is 12.5. The molecule has 0 unspecified atom stereocenters. The van der Waals surface area contributed by atoms with Crippen LogP contribution in [-0.4, -0.2) is 56.9 Å². The Morgan fingerprint density at radius 2 is 1.93 bits per heavy atom. The number of hydrogen-bond acceptors (Lipinski definition) is 3. The predicted molar refractivity (Wildman–Crippen MR) is 112 cm³/mol. The molecular weight excluding hydrogens is 472 g/mol. The molecule has 2 N–H and O–H groups in total. The van der Waals surface area contributed by atoms with Gasteiger partial charge >= 0.3 is 6.18 Å². The highest BCUT2D eigenvalue weighted by atomic mass is 127. The number of halogens is 4. The van der Waals surface area contributed by atoms with E-state index in [1.54, 1.807) is 19.2 Å². The van der Waals surface area contributed by atoms with Crippen molar-refractivity contribution in [2.24, 2.45) is 4.99 Å². The summed E-state index contributed by atoms with van der Waals surface area (Å²) >= 11 is 0. The number of nitrogens with one attached hydrogen (secondary N) is 2. The summed E-state index contributed by atoms with van der Waals surface area (Å²) in [6.07, 6.45) is -0.493. The Hall–Kier alpha value is -1.23. The molecule has 0 spiro atoms. The van der Waals surface area contributed by atoms with Crippen molar-refractivity contribution < 1.29 is 17.9 Å². The van der Waals surface area contributed by atoms with Crippen molar-refractivity contribution in [3.8, 4) is 5.75 Å². The predicted octanol–water partition coefficient (Wildman–Crippen LogP) is 3.40. The van der Waals surface area contributed by atoms with Gasteiger partial charge in [-0.25, -0.2) is 0 Å². The Balaban J connectivity index is 0.00000364. The van der Waals surface area contributed by atoms with Crippen LogP contribution in [0.25, 0.3) is 0 Å². The van der Waals surface area contributed by atoms with E-state index in [0.717, 1.165) is 31.7 Å². The van der Waals surface area contributed by atoms with Crippen molar-refractivity contribution in [2.75, 3.05) is 39.8 Å². The number of piperidine rings is 1. The van der Waals surface area contributed by atoms with Crippen molar-refractivity contribution >= 4 is 29.9 Å². The summed E-state index contributed by atoms with van der Waals surface area (Å²) in [6.45, 7) is 3.24. The molecular formula is C18H28F3IN4O. The molecule has 1 aliphatic rings. The maximum absolute atomic E-state index is 12.2. The highest BCUT2D eigenvalue weighted by Gasteiger charge is 2.28. The van der Waals surface area contributed by atoms with Crippen LogP contribution in [0.4, 0.5) is 13.2 Å². The molecule has 0 bridgehead atoms. The van der Waals surface area contributed by atoms with Gasteiger partial charge in [0.15, 0.2) is 12.6 Å². The molecule has 0 radical (unpaired) electrons. The molecule has 0 atom stereocenters. The van der Waals surface area contributed by atoms with Crippen molar-refractivity contribution in [1.29, 1.82) is 0 Å². The smallest absolute Gasteiger partial charge is 0.422 e. The number of benzene rings is 1. The summed E-state index contributed by atoms with van der Waals surface area (Å²) < 4.78 is 41.5.